The van der Waals surface area contributed by atoms with Crippen LogP contribution in [-0.2, 0) is 19.0 Å². The van der Waals surface area contributed by atoms with Crippen molar-refractivity contribution in [3.63, 3.8) is 0 Å². The lowest BCUT2D eigenvalue weighted by molar-refractivity contribution is -0.160. The molecular formula is C14H27NO4. The third-order valence-corrected chi connectivity index (χ3v) is 3.00. The van der Waals surface area contributed by atoms with Gasteiger partial charge in [0.2, 0.25) is 0 Å². The predicted octanol–water partition coefficient (Wildman–Crippen LogP) is 1.46. The van der Waals surface area contributed by atoms with E-state index >= 15 is 0 Å². The van der Waals surface area contributed by atoms with E-state index < -0.39 is 5.60 Å². The molecule has 1 aliphatic heterocycles. The van der Waals surface area contributed by atoms with Gasteiger partial charge >= 0.3 is 5.97 Å². The van der Waals surface area contributed by atoms with E-state index in [1.54, 1.807) is 7.11 Å². The van der Waals surface area contributed by atoms with E-state index in [-0.39, 0.29) is 12.0 Å². The lowest BCUT2D eigenvalue weighted by Gasteiger charge is -2.27. The first-order valence-corrected chi connectivity index (χ1v) is 6.97. The van der Waals surface area contributed by atoms with Gasteiger partial charge in [-0.25, -0.2) is 0 Å². The normalized spacial score (nSPS) is 20.7. The summed E-state index contributed by atoms with van der Waals surface area (Å²) in [6.07, 6.45) is 1.93. The smallest absolute Gasteiger partial charge is 0.323 e. The molecule has 1 fully saturated rings. The summed E-state index contributed by atoms with van der Waals surface area (Å²) in [5, 5.41) is 0. The topological polar surface area (TPSA) is 48.0 Å². The largest absolute Gasteiger partial charge is 0.459 e. The summed E-state index contributed by atoms with van der Waals surface area (Å²) in [5.41, 5.74) is -0.416. The van der Waals surface area contributed by atoms with E-state index in [9.17, 15) is 4.79 Å². The van der Waals surface area contributed by atoms with Gasteiger partial charge in [0, 0.05) is 13.7 Å². The Labute approximate surface area is 116 Å². The van der Waals surface area contributed by atoms with E-state index in [2.05, 4.69) is 4.90 Å². The van der Waals surface area contributed by atoms with E-state index in [0.717, 1.165) is 25.9 Å². The Hall–Kier alpha value is -0.650. The highest BCUT2D eigenvalue weighted by Crippen LogP contribution is 2.20. The van der Waals surface area contributed by atoms with Crippen molar-refractivity contribution in [2.24, 2.45) is 0 Å². The number of rotatable bonds is 7. The van der Waals surface area contributed by atoms with Crippen molar-refractivity contribution in [1.29, 1.82) is 0 Å². The highest BCUT2D eigenvalue weighted by Gasteiger charge is 2.33. The van der Waals surface area contributed by atoms with Gasteiger partial charge in [-0.15, -0.1) is 0 Å². The summed E-state index contributed by atoms with van der Waals surface area (Å²) in [6, 6.07) is -0.106. The molecule has 0 aromatic heterocycles. The van der Waals surface area contributed by atoms with Crippen molar-refractivity contribution in [2.75, 3.05) is 40.0 Å². The number of hydrogen-bond acceptors (Lipinski definition) is 5. The van der Waals surface area contributed by atoms with E-state index in [1.807, 2.05) is 20.8 Å². The first kappa shape index (κ1) is 16.4. The summed E-state index contributed by atoms with van der Waals surface area (Å²) in [5.74, 6) is -0.109. The number of carbonyl (C=O) groups is 1. The molecule has 1 rings (SSSR count). The molecule has 1 aliphatic rings. The number of carbonyl (C=O) groups excluding carboxylic acids is 1. The summed E-state index contributed by atoms with van der Waals surface area (Å²) >= 11 is 0. The maximum absolute atomic E-state index is 12.1. The standard InChI is InChI=1S/C14H27NO4/c1-14(2,3)19-13(16)12-6-5-7-15(12)8-9-18-11-10-17-4/h12H,5-11H2,1-4H3. The molecule has 0 N–H and O–H groups in total. The van der Waals surface area contributed by atoms with Crippen LogP contribution in [0.1, 0.15) is 33.6 Å². The average Bonchev–Trinajstić information content (AvgIpc) is 2.75. The minimum absolute atomic E-state index is 0.106. The number of esters is 1. The van der Waals surface area contributed by atoms with Crippen LogP contribution in [0, 0.1) is 0 Å². The minimum atomic E-state index is -0.416. The number of nitrogens with zero attached hydrogens (tertiary/aromatic N) is 1. The van der Waals surface area contributed by atoms with Crippen LogP contribution in [0.2, 0.25) is 0 Å². The molecule has 0 aliphatic carbocycles. The second-order valence-electron chi connectivity index (χ2n) is 5.83. The Morgan fingerprint density at radius 1 is 1.26 bits per heavy atom. The van der Waals surface area contributed by atoms with Crippen molar-refractivity contribution in [3.8, 4) is 0 Å². The van der Waals surface area contributed by atoms with Crippen LogP contribution < -0.4 is 0 Å². The van der Waals surface area contributed by atoms with Crippen LogP contribution in [-0.4, -0.2) is 62.5 Å². The molecule has 5 heteroatoms. The fourth-order valence-electron chi connectivity index (χ4n) is 2.16. The first-order chi connectivity index (χ1) is 8.94. The third-order valence-electron chi connectivity index (χ3n) is 3.00. The van der Waals surface area contributed by atoms with Gasteiger partial charge < -0.3 is 14.2 Å². The van der Waals surface area contributed by atoms with Crippen molar-refractivity contribution >= 4 is 5.97 Å². The molecule has 112 valence electrons. The van der Waals surface area contributed by atoms with Gasteiger partial charge in [-0.05, 0) is 40.2 Å². The highest BCUT2D eigenvalue weighted by atomic mass is 16.6. The van der Waals surface area contributed by atoms with Crippen molar-refractivity contribution in [2.45, 2.75) is 45.3 Å². The summed E-state index contributed by atoms with van der Waals surface area (Å²) < 4.78 is 15.8. The van der Waals surface area contributed by atoms with Gasteiger partial charge in [0.25, 0.3) is 0 Å². The van der Waals surface area contributed by atoms with Gasteiger partial charge in [-0.2, -0.15) is 0 Å². The van der Waals surface area contributed by atoms with Gasteiger partial charge in [0.15, 0.2) is 0 Å². The number of likely N-dealkylation sites (tertiary alicyclic amines) is 1. The predicted molar refractivity (Wildman–Crippen MR) is 73.1 cm³/mol. The van der Waals surface area contributed by atoms with Crippen molar-refractivity contribution in [1.82, 2.24) is 4.90 Å². The zero-order valence-electron chi connectivity index (χ0n) is 12.6. The maximum atomic E-state index is 12.1. The quantitative estimate of drug-likeness (QED) is 0.519. The summed E-state index contributed by atoms with van der Waals surface area (Å²) in [7, 11) is 1.66. The number of ether oxygens (including phenoxy) is 3. The minimum Gasteiger partial charge on any atom is -0.459 e. The van der Waals surface area contributed by atoms with Crippen LogP contribution in [0.25, 0.3) is 0 Å². The second-order valence-corrected chi connectivity index (χ2v) is 5.83. The lowest BCUT2D eigenvalue weighted by atomic mass is 10.1. The molecule has 0 spiro atoms. The summed E-state index contributed by atoms with van der Waals surface area (Å²) in [6.45, 7) is 9.25. The molecule has 0 saturated carbocycles. The third kappa shape index (κ3) is 6.36. The zero-order valence-corrected chi connectivity index (χ0v) is 12.6. The monoisotopic (exact) mass is 273 g/mol. The number of methoxy groups -OCH3 is 1. The Balaban J connectivity index is 2.31. The Bertz CT molecular complexity index is 275. The second kappa shape index (κ2) is 7.82. The molecule has 0 amide bonds. The molecular weight excluding hydrogens is 246 g/mol. The van der Waals surface area contributed by atoms with Gasteiger partial charge in [-0.1, -0.05) is 0 Å². The number of hydrogen-bond donors (Lipinski definition) is 0. The van der Waals surface area contributed by atoms with Crippen molar-refractivity contribution in [3.05, 3.63) is 0 Å². The Kier molecular flexibility index (Phi) is 6.75. The molecule has 0 bridgehead atoms. The van der Waals surface area contributed by atoms with Crippen molar-refractivity contribution < 1.29 is 19.0 Å². The fourth-order valence-corrected chi connectivity index (χ4v) is 2.16. The SMILES string of the molecule is COCCOCCN1CCCC1C(=O)OC(C)(C)C. The van der Waals surface area contributed by atoms with Crippen LogP contribution in [0.4, 0.5) is 0 Å². The molecule has 1 heterocycles. The molecule has 0 radical (unpaired) electrons. The zero-order chi connectivity index (χ0) is 14.3. The van der Waals surface area contributed by atoms with Crippen LogP contribution in [0.5, 0.6) is 0 Å². The highest BCUT2D eigenvalue weighted by molar-refractivity contribution is 5.76. The first-order valence-electron chi connectivity index (χ1n) is 6.97. The molecule has 0 aromatic rings. The lowest BCUT2D eigenvalue weighted by Crippen LogP contribution is -2.41. The molecule has 1 atom stereocenters. The van der Waals surface area contributed by atoms with Gasteiger partial charge in [0.1, 0.15) is 11.6 Å². The van der Waals surface area contributed by atoms with Crippen LogP contribution in [0.3, 0.4) is 0 Å². The Morgan fingerprint density at radius 3 is 2.63 bits per heavy atom. The average molecular weight is 273 g/mol. The van der Waals surface area contributed by atoms with Crippen LogP contribution in [0.15, 0.2) is 0 Å². The summed E-state index contributed by atoms with van der Waals surface area (Å²) in [4.78, 5) is 14.2. The molecule has 1 unspecified atom stereocenters. The molecule has 1 saturated heterocycles. The Morgan fingerprint density at radius 2 is 2.00 bits per heavy atom. The molecule has 5 nitrogen and oxygen atoms in total. The van der Waals surface area contributed by atoms with E-state index in [1.165, 1.54) is 0 Å². The van der Waals surface area contributed by atoms with E-state index in [0.29, 0.717) is 19.8 Å². The van der Waals surface area contributed by atoms with Gasteiger partial charge in [-0.3, -0.25) is 9.69 Å². The van der Waals surface area contributed by atoms with Crippen LogP contribution >= 0.6 is 0 Å². The molecule has 19 heavy (non-hydrogen) atoms. The van der Waals surface area contributed by atoms with E-state index in [4.69, 9.17) is 14.2 Å². The maximum Gasteiger partial charge on any atom is 0.323 e. The fraction of sp³-hybridized carbons (Fsp3) is 0.929. The van der Waals surface area contributed by atoms with Gasteiger partial charge in [0.05, 0.1) is 19.8 Å². The molecule has 0 aromatic carbocycles.